The van der Waals surface area contributed by atoms with Gasteiger partial charge in [0.15, 0.2) is 0 Å². The summed E-state index contributed by atoms with van der Waals surface area (Å²) in [6.45, 7) is 0. The summed E-state index contributed by atoms with van der Waals surface area (Å²) >= 11 is 5.69. The van der Waals surface area contributed by atoms with Crippen molar-refractivity contribution in [2.75, 3.05) is 23.7 Å². The third-order valence-electron chi connectivity index (χ3n) is 3.06. The molecule has 9 heteroatoms. The van der Waals surface area contributed by atoms with Crippen LogP contribution < -0.4 is 9.62 Å². The van der Waals surface area contributed by atoms with Crippen LogP contribution >= 0.6 is 11.6 Å². The van der Waals surface area contributed by atoms with Crippen LogP contribution in [-0.4, -0.2) is 27.4 Å². The number of nitrogens with one attached hydrogen (secondary N) is 1. The zero-order chi connectivity index (χ0) is 17.2. The summed E-state index contributed by atoms with van der Waals surface area (Å²) in [6, 6.07) is 10.0. The number of nitro benzene ring substituents is 1. The fraction of sp³-hybridized carbons (Fsp3) is 0.143. The first kappa shape index (κ1) is 17.0. The highest BCUT2D eigenvalue weighted by Gasteiger charge is 2.20. The molecule has 0 saturated carbocycles. The predicted octanol–water partition coefficient (Wildman–Crippen LogP) is 3.12. The summed E-state index contributed by atoms with van der Waals surface area (Å²) in [5.41, 5.74) is 0.806. The van der Waals surface area contributed by atoms with Crippen LogP contribution in [0.3, 0.4) is 0 Å². The van der Waals surface area contributed by atoms with Crippen LogP contribution in [0.25, 0.3) is 0 Å². The fourth-order valence-corrected chi connectivity index (χ4v) is 3.11. The minimum absolute atomic E-state index is 0.121. The second-order valence-electron chi connectivity index (χ2n) is 4.92. The molecule has 2 aromatic rings. The molecule has 7 nitrogen and oxygen atoms in total. The summed E-state index contributed by atoms with van der Waals surface area (Å²) in [6.07, 6.45) is 0. The molecule has 0 fully saturated rings. The molecule has 0 aromatic heterocycles. The van der Waals surface area contributed by atoms with Crippen molar-refractivity contribution in [3.05, 3.63) is 57.6 Å². The zero-order valence-electron chi connectivity index (χ0n) is 12.4. The van der Waals surface area contributed by atoms with Gasteiger partial charge in [-0.15, -0.1) is 0 Å². The molecule has 2 aromatic carbocycles. The average Bonchev–Trinajstić information content (AvgIpc) is 2.47. The van der Waals surface area contributed by atoms with Crippen LogP contribution in [0.2, 0.25) is 5.02 Å². The van der Waals surface area contributed by atoms with E-state index in [1.54, 1.807) is 24.3 Å². The van der Waals surface area contributed by atoms with Gasteiger partial charge in [-0.1, -0.05) is 11.6 Å². The number of halogens is 1. The van der Waals surface area contributed by atoms with E-state index in [0.717, 1.165) is 11.8 Å². The van der Waals surface area contributed by atoms with Gasteiger partial charge in [0.05, 0.1) is 9.82 Å². The lowest BCUT2D eigenvalue weighted by Crippen LogP contribution is -2.13. The minimum atomic E-state index is -3.95. The van der Waals surface area contributed by atoms with E-state index in [1.165, 1.54) is 12.1 Å². The van der Waals surface area contributed by atoms with Crippen LogP contribution in [0.5, 0.6) is 0 Å². The Labute approximate surface area is 138 Å². The first-order valence-corrected chi connectivity index (χ1v) is 8.31. The van der Waals surface area contributed by atoms with Gasteiger partial charge in [0, 0.05) is 31.5 Å². The number of sulfonamides is 1. The van der Waals surface area contributed by atoms with Gasteiger partial charge in [0.1, 0.15) is 5.02 Å². The van der Waals surface area contributed by atoms with E-state index in [0.29, 0.717) is 5.69 Å². The maximum atomic E-state index is 12.3. The smallest absolute Gasteiger partial charge is 0.289 e. The lowest BCUT2D eigenvalue weighted by molar-refractivity contribution is -0.384. The molecular weight excluding hydrogens is 342 g/mol. The van der Waals surface area contributed by atoms with Crippen LogP contribution in [0, 0.1) is 10.1 Å². The number of benzene rings is 2. The van der Waals surface area contributed by atoms with Gasteiger partial charge in [0.2, 0.25) is 0 Å². The molecule has 122 valence electrons. The topological polar surface area (TPSA) is 92.6 Å². The Morgan fingerprint density at radius 2 is 1.74 bits per heavy atom. The third kappa shape index (κ3) is 3.91. The molecule has 0 amide bonds. The SMILES string of the molecule is CN(C)c1ccc(NS(=O)(=O)c2ccc(Cl)c([N+](=O)[O-])c2)cc1. The van der Waals surface area contributed by atoms with E-state index >= 15 is 0 Å². The Morgan fingerprint density at radius 1 is 1.13 bits per heavy atom. The Balaban J connectivity index is 2.32. The van der Waals surface area contributed by atoms with E-state index < -0.39 is 20.6 Å². The van der Waals surface area contributed by atoms with Crippen molar-refractivity contribution in [1.29, 1.82) is 0 Å². The standard InChI is InChI=1S/C14H14ClN3O4S/c1-17(2)11-5-3-10(4-6-11)16-23(21,22)12-7-8-13(15)14(9-12)18(19)20/h3-9,16H,1-2H3. The Bertz CT molecular complexity index is 836. The van der Waals surface area contributed by atoms with Crippen molar-refractivity contribution >= 4 is 38.7 Å². The highest BCUT2D eigenvalue weighted by molar-refractivity contribution is 7.92. The van der Waals surface area contributed by atoms with E-state index in [-0.39, 0.29) is 9.92 Å². The number of hydrogen-bond donors (Lipinski definition) is 1. The van der Waals surface area contributed by atoms with Crippen molar-refractivity contribution in [1.82, 2.24) is 0 Å². The molecule has 0 atom stereocenters. The van der Waals surface area contributed by atoms with E-state index in [9.17, 15) is 18.5 Å². The molecule has 0 saturated heterocycles. The van der Waals surface area contributed by atoms with Crippen molar-refractivity contribution in [3.63, 3.8) is 0 Å². The predicted molar refractivity (Wildman–Crippen MR) is 89.7 cm³/mol. The molecule has 23 heavy (non-hydrogen) atoms. The van der Waals surface area contributed by atoms with Gasteiger partial charge in [-0.3, -0.25) is 14.8 Å². The lowest BCUT2D eigenvalue weighted by atomic mass is 10.3. The Kier molecular flexibility index (Phi) is 4.76. The maximum absolute atomic E-state index is 12.3. The van der Waals surface area contributed by atoms with Gasteiger partial charge in [-0.25, -0.2) is 8.42 Å². The second-order valence-corrected chi connectivity index (χ2v) is 7.01. The van der Waals surface area contributed by atoms with Crippen molar-refractivity contribution in [2.24, 2.45) is 0 Å². The molecule has 1 N–H and O–H groups in total. The molecule has 0 unspecified atom stereocenters. The molecule has 2 rings (SSSR count). The van der Waals surface area contributed by atoms with Crippen molar-refractivity contribution in [3.8, 4) is 0 Å². The highest BCUT2D eigenvalue weighted by atomic mass is 35.5. The fourth-order valence-electron chi connectivity index (χ4n) is 1.84. The van der Waals surface area contributed by atoms with Crippen LogP contribution in [0.15, 0.2) is 47.4 Å². The zero-order valence-corrected chi connectivity index (χ0v) is 13.9. The molecule has 0 spiro atoms. The van der Waals surface area contributed by atoms with Crippen LogP contribution in [-0.2, 0) is 10.0 Å². The Morgan fingerprint density at radius 3 is 2.26 bits per heavy atom. The van der Waals surface area contributed by atoms with Crippen molar-refractivity contribution < 1.29 is 13.3 Å². The van der Waals surface area contributed by atoms with E-state index in [2.05, 4.69) is 4.72 Å². The van der Waals surface area contributed by atoms with Crippen molar-refractivity contribution in [2.45, 2.75) is 4.90 Å². The quantitative estimate of drug-likeness (QED) is 0.657. The van der Waals surface area contributed by atoms with Gasteiger partial charge in [-0.05, 0) is 36.4 Å². The van der Waals surface area contributed by atoms with Gasteiger partial charge < -0.3 is 4.90 Å². The van der Waals surface area contributed by atoms with Gasteiger partial charge >= 0.3 is 0 Å². The number of nitro groups is 1. The second kappa shape index (κ2) is 6.43. The van der Waals surface area contributed by atoms with Gasteiger partial charge in [0.25, 0.3) is 15.7 Å². The monoisotopic (exact) mass is 355 g/mol. The Hall–Kier alpha value is -2.32. The largest absolute Gasteiger partial charge is 0.378 e. The average molecular weight is 356 g/mol. The van der Waals surface area contributed by atoms with Crippen LogP contribution in [0.1, 0.15) is 0 Å². The minimum Gasteiger partial charge on any atom is -0.378 e. The first-order chi connectivity index (χ1) is 10.7. The van der Waals surface area contributed by atoms with Crippen LogP contribution in [0.4, 0.5) is 17.1 Å². The molecule has 0 radical (unpaired) electrons. The lowest BCUT2D eigenvalue weighted by Gasteiger charge is -2.13. The molecule has 0 aliphatic heterocycles. The maximum Gasteiger partial charge on any atom is 0.289 e. The van der Waals surface area contributed by atoms with Gasteiger partial charge in [-0.2, -0.15) is 0 Å². The highest BCUT2D eigenvalue weighted by Crippen LogP contribution is 2.28. The molecule has 0 aliphatic rings. The molecular formula is C14H14ClN3O4S. The number of anilines is 2. The first-order valence-electron chi connectivity index (χ1n) is 6.45. The normalized spacial score (nSPS) is 11.1. The summed E-state index contributed by atoms with van der Waals surface area (Å²) in [7, 11) is -0.212. The number of hydrogen-bond acceptors (Lipinski definition) is 5. The summed E-state index contributed by atoms with van der Waals surface area (Å²) in [5, 5.41) is 10.7. The summed E-state index contributed by atoms with van der Waals surface area (Å²) in [5.74, 6) is 0. The molecule has 0 heterocycles. The third-order valence-corrected chi connectivity index (χ3v) is 4.76. The van der Waals surface area contributed by atoms with E-state index in [4.69, 9.17) is 11.6 Å². The molecule has 0 aliphatic carbocycles. The summed E-state index contributed by atoms with van der Waals surface area (Å²) in [4.78, 5) is 11.8. The number of nitrogens with zero attached hydrogens (tertiary/aromatic N) is 2. The summed E-state index contributed by atoms with van der Waals surface area (Å²) < 4.78 is 27.0. The number of rotatable bonds is 5. The molecule has 0 bridgehead atoms. The van der Waals surface area contributed by atoms with E-state index in [1.807, 2.05) is 19.0 Å².